The molecule has 3 aromatic rings. The van der Waals surface area contributed by atoms with E-state index in [-0.39, 0.29) is 14.1 Å². The van der Waals surface area contributed by atoms with Crippen LogP contribution in [0.2, 0.25) is 0 Å². The Hall–Kier alpha value is -1.50. The second-order valence-corrected chi connectivity index (χ2v) is 5.56. The molecule has 0 radical (unpaired) electrons. The van der Waals surface area contributed by atoms with Crippen molar-refractivity contribution >= 4 is 37.9 Å². The molecule has 0 aliphatic carbocycles. The molecular formula is C18H21F3S3. The lowest BCUT2D eigenvalue weighted by atomic mass is 10.4. The van der Waals surface area contributed by atoms with Crippen LogP contribution in [-0.2, 0) is 0 Å². The summed E-state index contributed by atoms with van der Waals surface area (Å²) in [4.78, 5) is 3.05. The van der Waals surface area contributed by atoms with E-state index in [4.69, 9.17) is 0 Å². The summed E-state index contributed by atoms with van der Waals surface area (Å²) in [6.07, 6.45) is 0. The molecule has 6 heteroatoms. The Kier molecular flexibility index (Phi) is 20.3. The van der Waals surface area contributed by atoms with Crippen molar-refractivity contribution < 1.29 is 14.1 Å². The largest absolute Gasteiger partial charge is 0.269 e. The molecule has 0 bridgehead atoms. The van der Waals surface area contributed by atoms with Crippen LogP contribution in [0.3, 0.4) is 0 Å². The summed E-state index contributed by atoms with van der Waals surface area (Å²) in [7, 11) is 0. The van der Waals surface area contributed by atoms with Gasteiger partial charge in [0.15, 0.2) is 0 Å². The third kappa shape index (κ3) is 15.4. The van der Waals surface area contributed by atoms with Gasteiger partial charge in [0, 0.05) is 14.7 Å². The highest BCUT2D eigenvalue weighted by molar-refractivity contribution is 7.80. The lowest BCUT2D eigenvalue weighted by Crippen LogP contribution is -1.56. The van der Waals surface area contributed by atoms with Crippen molar-refractivity contribution in [2.24, 2.45) is 0 Å². The van der Waals surface area contributed by atoms with Crippen LogP contribution >= 0.6 is 37.9 Å². The van der Waals surface area contributed by atoms with Crippen LogP contribution < -0.4 is 0 Å². The first-order valence-electron chi connectivity index (χ1n) is 6.40. The number of thiol groups is 3. The SMILES string of the molecule is F.F.F.Sc1ccccc1.Sc1ccccc1.Sc1ccccc1. The molecule has 0 amide bonds. The molecule has 0 unspecified atom stereocenters. The minimum absolute atomic E-state index is 0. The second-order valence-electron chi connectivity index (χ2n) is 4.01. The van der Waals surface area contributed by atoms with Gasteiger partial charge in [0.25, 0.3) is 0 Å². The summed E-state index contributed by atoms with van der Waals surface area (Å²) in [5.74, 6) is 0. The minimum atomic E-state index is 0. The van der Waals surface area contributed by atoms with Crippen molar-refractivity contribution in [1.29, 1.82) is 0 Å². The topological polar surface area (TPSA) is 0 Å². The van der Waals surface area contributed by atoms with Crippen molar-refractivity contribution in [1.82, 2.24) is 0 Å². The van der Waals surface area contributed by atoms with E-state index >= 15 is 0 Å². The molecule has 0 aromatic heterocycles. The quantitative estimate of drug-likeness (QED) is 0.364. The fourth-order valence-electron chi connectivity index (χ4n) is 1.28. The van der Waals surface area contributed by atoms with E-state index in [0.29, 0.717) is 0 Å². The molecule has 0 saturated carbocycles. The predicted molar refractivity (Wildman–Crippen MR) is 109 cm³/mol. The van der Waals surface area contributed by atoms with E-state index in [2.05, 4.69) is 37.9 Å². The number of halogens is 3. The summed E-state index contributed by atoms with van der Waals surface area (Å²) in [5, 5.41) is 0. The van der Waals surface area contributed by atoms with Gasteiger partial charge in [-0.2, -0.15) is 0 Å². The maximum atomic E-state index is 4.08. The Balaban J connectivity index is -0.000000259. The van der Waals surface area contributed by atoms with Gasteiger partial charge in [-0.15, -0.1) is 37.9 Å². The first kappa shape index (κ1) is 27.4. The first-order valence-corrected chi connectivity index (χ1v) is 7.74. The van der Waals surface area contributed by atoms with Crippen LogP contribution in [0, 0.1) is 0 Å². The van der Waals surface area contributed by atoms with E-state index in [1.807, 2.05) is 91.0 Å². The van der Waals surface area contributed by atoms with Gasteiger partial charge in [0.2, 0.25) is 0 Å². The molecule has 0 heterocycles. The zero-order valence-corrected chi connectivity index (χ0v) is 15.4. The normalized spacial score (nSPS) is 7.62. The molecule has 3 aromatic carbocycles. The van der Waals surface area contributed by atoms with Crippen LogP contribution in [-0.4, -0.2) is 0 Å². The summed E-state index contributed by atoms with van der Waals surface area (Å²) in [6.45, 7) is 0. The Morgan fingerprint density at radius 1 is 0.333 bits per heavy atom. The maximum Gasteiger partial charge on any atom is 0.00399 e. The van der Waals surface area contributed by atoms with E-state index in [1.54, 1.807) is 0 Å². The second kappa shape index (κ2) is 17.8. The number of benzene rings is 3. The van der Waals surface area contributed by atoms with Crippen LogP contribution in [0.4, 0.5) is 14.1 Å². The summed E-state index contributed by atoms with van der Waals surface area (Å²) in [5.41, 5.74) is 0. The van der Waals surface area contributed by atoms with Crippen molar-refractivity contribution in [2.75, 3.05) is 0 Å². The highest BCUT2D eigenvalue weighted by Gasteiger charge is 1.74. The third-order valence-electron chi connectivity index (χ3n) is 2.27. The predicted octanol–water partition coefficient (Wildman–Crippen LogP) is 6.38. The van der Waals surface area contributed by atoms with Gasteiger partial charge >= 0.3 is 0 Å². The fraction of sp³-hybridized carbons (Fsp3) is 0. The van der Waals surface area contributed by atoms with Crippen molar-refractivity contribution in [2.45, 2.75) is 14.7 Å². The molecule has 0 aliphatic heterocycles. The standard InChI is InChI=1S/3C6H6S.3FH/c3*7-6-4-2-1-3-5-6;;;/h3*1-5,7H;3*1H. The van der Waals surface area contributed by atoms with Gasteiger partial charge in [-0.25, -0.2) is 0 Å². The fourth-order valence-corrected chi connectivity index (χ4v) is 1.80. The third-order valence-corrected chi connectivity index (χ3v) is 3.16. The molecule has 0 fully saturated rings. The van der Waals surface area contributed by atoms with Gasteiger partial charge < -0.3 is 0 Å². The van der Waals surface area contributed by atoms with Crippen molar-refractivity contribution in [3.05, 3.63) is 91.0 Å². The van der Waals surface area contributed by atoms with Gasteiger partial charge in [-0.3, -0.25) is 14.1 Å². The van der Waals surface area contributed by atoms with E-state index in [1.165, 1.54) is 0 Å². The van der Waals surface area contributed by atoms with Crippen LogP contribution in [0.1, 0.15) is 0 Å². The Morgan fingerprint density at radius 2 is 0.500 bits per heavy atom. The first-order chi connectivity index (χ1) is 10.2. The zero-order chi connectivity index (χ0) is 15.3. The van der Waals surface area contributed by atoms with Crippen LogP contribution in [0.15, 0.2) is 106 Å². The molecule has 24 heavy (non-hydrogen) atoms. The number of hydrogen-bond donors (Lipinski definition) is 3. The molecule has 0 atom stereocenters. The number of rotatable bonds is 0. The van der Waals surface area contributed by atoms with E-state index in [0.717, 1.165) is 14.7 Å². The Morgan fingerprint density at radius 3 is 0.583 bits per heavy atom. The van der Waals surface area contributed by atoms with Gasteiger partial charge in [-0.1, -0.05) is 54.6 Å². The molecule has 3 rings (SSSR count). The summed E-state index contributed by atoms with van der Waals surface area (Å²) < 4.78 is 0. The van der Waals surface area contributed by atoms with Gasteiger partial charge in [0.05, 0.1) is 0 Å². The smallest absolute Gasteiger partial charge is 0.00399 e. The van der Waals surface area contributed by atoms with E-state index in [9.17, 15) is 0 Å². The zero-order valence-electron chi connectivity index (χ0n) is 12.7. The molecule has 132 valence electrons. The Bertz CT molecular complexity index is 505. The highest BCUT2D eigenvalue weighted by atomic mass is 32.1. The average Bonchev–Trinajstić information content (AvgIpc) is 2.51. The van der Waals surface area contributed by atoms with E-state index < -0.39 is 0 Å². The molecule has 0 spiro atoms. The monoisotopic (exact) mass is 390 g/mol. The highest BCUT2D eigenvalue weighted by Crippen LogP contribution is 2.02. The van der Waals surface area contributed by atoms with Gasteiger partial charge in [-0.05, 0) is 36.4 Å². The van der Waals surface area contributed by atoms with Gasteiger partial charge in [0.1, 0.15) is 0 Å². The number of hydrogen-bond acceptors (Lipinski definition) is 3. The summed E-state index contributed by atoms with van der Waals surface area (Å²) in [6, 6.07) is 29.4. The van der Waals surface area contributed by atoms with Crippen LogP contribution in [0.5, 0.6) is 0 Å². The molecule has 0 N–H and O–H groups in total. The molecule has 0 saturated heterocycles. The molecular weight excluding hydrogens is 369 g/mol. The lowest BCUT2D eigenvalue weighted by Gasteiger charge is -1.81. The van der Waals surface area contributed by atoms with Crippen molar-refractivity contribution in [3.63, 3.8) is 0 Å². The molecule has 0 aliphatic rings. The van der Waals surface area contributed by atoms with Crippen LogP contribution in [0.25, 0.3) is 0 Å². The summed E-state index contributed by atoms with van der Waals surface area (Å²) >= 11 is 12.3. The minimum Gasteiger partial charge on any atom is -0.269 e. The average molecular weight is 391 g/mol. The maximum absolute atomic E-state index is 4.08. The Labute approximate surface area is 157 Å². The lowest BCUT2D eigenvalue weighted by molar-refractivity contribution is 1.11. The van der Waals surface area contributed by atoms with Crippen molar-refractivity contribution in [3.8, 4) is 0 Å². The molecule has 0 nitrogen and oxygen atoms in total.